The number of benzene rings is 1. The molecule has 1 fully saturated rings. The normalized spacial score (nSPS) is 27.7. The van der Waals surface area contributed by atoms with E-state index >= 15 is 0 Å². The molecule has 3 unspecified atom stereocenters. The predicted molar refractivity (Wildman–Crippen MR) is 56.4 cm³/mol. The first-order chi connectivity index (χ1) is 6.70. The van der Waals surface area contributed by atoms with E-state index in [1.54, 1.807) is 0 Å². The summed E-state index contributed by atoms with van der Waals surface area (Å²) in [6.07, 6.45) is 0.189. The van der Waals surface area contributed by atoms with Crippen LogP contribution in [0.2, 0.25) is 0 Å². The first-order valence-electron chi connectivity index (χ1n) is 5.20. The van der Waals surface area contributed by atoms with Crippen LogP contribution in [0.3, 0.4) is 0 Å². The van der Waals surface area contributed by atoms with Crippen LogP contribution < -0.4 is 0 Å². The van der Waals surface area contributed by atoms with Crippen molar-refractivity contribution in [2.75, 3.05) is 0 Å². The first kappa shape index (κ1) is 9.69. The summed E-state index contributed by atoms with van der Waals surface area (Å²) in [5.74, 6) is 0.628. The topological polar surface area (TPSA) is 15.5 Å². The third-order valence-corrected chi connectivity index (χ3v) is 2.86. The van der Waals surface area contributed by atoms with Gasteiger partial charge < -0.3 is 0 Å². The van der Waals surface area contributed by atoms with Gasteiger partial charge in [0.2, 0.25) is 0 Å². The summed E-state index contributed by atoms with van der Waals surface area (Å²) in [6, 6.07) is 10.8. The summed E-state index contributed by atoms with van der Waals surface area (Å²) in [5, 5.41) is 2.07. The van der Waals surface area contributed by atoms with Gasteiger partial charge >= 0.3 is 0 Å². The molecule has 0 N–H and O–H groups in total. The smallest absolute Gasteiger partial charge is 0.180 e. The molecule has 2 nitrogen and oxygen atoms in total. The van der Waals surface area contributed by atoms with Gasteiger partial charge in [0, 0.05) is 6.04 Å². The zero-order valence-corrected chi connectivity index (χ0v) is 8.97. The van der Waals surface area contributed by atoms with Gasteiger partial charge in [-0.05, 0) is 18.4 Å². The number of rotatable bonds is 3. The van der Waals surface area contributed by atoms with E-state index in [0.717, 1.165) is 0 Å². The average molecular weight is 191 g/mol. The van der Waals surface area contributed by atoms with Crippen molar-refractivity contribution in [2.45, 2.75) is 33.0 Å². The molecular formula is C12H17NO. The SMILES string of the molecule is CC(C)C(C)N1OC1c1ccccc1. The van der Waals surface area contributed by atoms with Crippen molar-refractivity contribution in [1.29, 1.82) is 0 Å². The summed E-state index contributed by atoms with van der Waals surface area (Å²) < 4.78 is 0. The molecule has 0 saturated carbocycles. The molecule has 2 rings (SSSR count). The Morgan fingerprint density at radius 1 is 1.14 bits per heavy atom. The van der Waals surface area contributed by atoms with Crippen LogP contribution in [0.15, 0.2) is 30.3 Å². The van der Waals surface area contributed by atoms with Crippen LogP contribution in [0, 0.1) is 5.92 Å². The number of nitrogens with zero attached hydrogens (tertiary/aromatic N) is 1. The molecule has 0 aliphatic carbocycles. The van der Waals surface area contributed by atoms with Gasteiger partial charge in [-0.1, -0.05) is 44.2 Å². The Balaban J connectivity index is 2.00. The summed E-state index contributed by atoms with van der Waals surface area (Å²) in [4.78, 5) is 5.56. The van der Waals surface area contributed by atoms with Crippen LogP contribution in [-0.4, -0.2) is 11.1 Å². The number of hydrogen-bond donors (Lipinski definition) is 0. The van der Waals surface area contributed by atoms with Crippen molar-refractivity contribution in [2.24, 2.45) is 5.92 Å². The predicted octanol–water partition coefficient (Wildman–Crippen LogP) is 2.98. The minimum atomic E-state index is 0.189. The van der Waals surface area contributed by atoms with Gasteiger partial charge in [-0.15, -0.1) is 5.06 Å². The average Bonchev–Trinajstić information content (AvgIpc) is 2.97. The van der Waals surface area contributed by atoms with Crippen molar-refractivity contribution in [3.8, 4) is 0 Å². The van der Waals surface area contributed by atoms with Gasteiger partial charge in [0.05, 0.1) is 0 Å². The van der Waals surface area contributed by atoms with Crippen molar-refractivity contribution in [1.82, 2.24) is 5.06 Å². The highest BCUT2D eigenvalue weighted by atomic mass is 16.8. The van der Waals surface area contributed by atoms with Crippen molar-refractivity contribution in [3.63, 3.8) is 0 Å². The van der Waals surface area contributed by atoms with E-state index in [0.29, 0.717) is 12.0 Å². The molecule has 1 aromatic rings. The molecule has 1 heterocycles. The van der Waals surface area contributed by atoms with Crippen molar-refractivity contribution < 1.29 is 4.84 Å². The standard InChI is InChI=1S/C12H17NO/c1-9(2)10(3)13-12(14-13)11-7-5-4-6-8-11/h4-10,12H,1-3H3. The second-order valence-corrected chi connectivity index (χ2v) is 4.21. The molecule has 1 aromatic carbocycles. The maximum Gasteiger partial charge on any atom is 0.180 e. The van der Waals surface area contributed by atoms with E-state index in [4.69, 9.17) is 4.84 Å². The third-order valence-electron chi connectivity index (χ3n) is 2.86. The minimum absolute atomic E-state index is 0.189. The highest BCUT2D eigenvalue weighted by Gasteiger charge is 2.42. The summed E-state index contributed by atoms with van der Waals surface area (Å²) >= 11 is 0. The largest absolute Gasteiger partial charge is 0.270 e. The van der Waals surface area contributed by atoms with Gasteiger partial charge in [0.25, 0.3) is 0 Å². The molecule has 3 atom stereocenters. The molecular weight excluding hydrogens is 174 g/mol. The van der Waals surface area contributed by atoms with Crippen molar-refractivity contribution in [3.05, 3.63) is 35.9 Å². The number of hydroxylamine groups is 2. The lowest BCUT2D eigenvalue weighted by atomic mass is 10.1. The quantitative estimate of drug-likeness (QED) is 0.682. The van der Waals surface area contributed by atoms with Gasteiger partial charge in [0.15, 0.2) is 6.23 Å². The zero-order valence-electron chi connectivity index (χ0n) is 8.97. The first-order valence-corrected chi connectivity index (χ1v) is 5.20. The Bertz CT molecular complexity index is 296. The highest BCUT2D eigenvalue weighted by Crippen LogP contribution is 2.40. The molecule has 14 heavy (non-hydrogen) atoms. The molecule has 2 heteroatoms. The summed E-state index contributed by atoms with van der Waals surface area (Å²) in [5.41, 5.74) is 1.25. The fraction of sp³-hybridized carbons (Fsp3) is 0.500. The fourth-order valence-corrected chi connectivity index (χ4v) is 1.52. The lowest BCUT2D eigenvalue weighted by Crippen LogP contribution is -2.20. The van der Waals surface area contributed by atoms with Gasteiger partial charge in [-0.3, -0.25) is 4.84 Å². The highest BCUT2D eigenvalue weighted by molar-refractivity contribution is 5.18. The monoisotopic (exact) mass is 191 g/mol. The Labute approximate surface area is 85.4 Å². The lowest BCUT2D eigenvalue weighted by molar-refractivity contribution is 0.128. The molecule has 76 valence electrons. The second-order valence-electron chi connectivity index (χ2n) is 4.21. The fourth-order valence-electron chi connectivity index (χ4n) is 1.52. The summed E-state index contributed by atoms with van der Waals surface area (Å²) in [7, 11) is 0. The van der Waals surface area contributed by atoms with E-state index in [-0.39, 0.29) is 6.23 Å². The van der Waals surface area contributed by atoms with Crippen LogP contribution >= 0.6 is 0 Å². The molecule has 0 radical (unpaired) electrons. The van der Waals surface area contributed by atoms with Crippen LogP contribution in [-0.2, 0) is 4.84 Å². The Hall–Kier alpha value is -0.860. The van der Waals surface area contributed by atoms with Crippen LogP contribution in [0.25, 0.3) is 0 Å². The van der Waals surface area contributed by atoms with Crippen LogP contribution in [0.5, 0.6) is 0 Å². The third kappa shape index (κ3) is 1.81. The molecule has 0 bridgehead atoms. The molecule has 1 aliphatic heterocycles. The number of hydrogen-bond acceptors (Lipinski definition) is 2. The maximum absolute atomic E-state index is 5.56. The van der Waals surface area contributed by atoms with E-state index in [1.165, 1.54) is 5.56 Å². The lowest BCUT2D eigenvalue weighted by Gasteiger charge is -2.13. The second kappa shape index (κ2) is 3.71. The van der Waals surface area contributed by atoms with E-state index in [1.807, 2.05) is 6.07 Å². The molecule has 0 aromatic heterocycles. The van der Waals surface area contributed by atoms with Gasteiger partial charge in [-0.2, -0.15) is 0 Å². The van der Waals surface area contributed by atoms with Crippen molar-refractivity contribution >= 4 is 0 Å². The van der Waals surface area contributed by atoms with E-state index < -0.39 is 0 Å². The Morgan fingerprint density at radius 2 is 1.79 bits per heavy atom. The molecule has 1 aliphatic rings. The van der Waals surface area contributed by atoms with E-state index in [9.17, 15) is 0 Å². The maximum atomic E-state index is 5.56. The zero-order chi connectivity index (χ0) is 10.1. The van der Waals surface area contributed by atoms with Gasteiger partial charge in [0.1, 0.15) is 0 Å². The molecule has 0 spiro atoms. The Morgan fingerprint density at radius 3 is 2.36 bits per heavy atom. The minimum Gasteiger partial charge on any atom is -0.270 e. The Kier molecular flexibility index (Phi) is 2.57. The van der Waals surface area contributed by atoms with Crippen LogP contribution in [0.4, 0.5) is 0 Å². The van der Waals surface area contributed by atoms with Gasteiger partial charge in [-0.25, -0.2) is 0 Å². The van der Waals surface area contributed by atoms with E-state index in [2.05, 4.69) is 50.1 Å². The summed E-state index contributed by atoms with van der Waals surface area (Å²) in [6.45, 7) is 6.64. The van der Waals surface area contributed by atoms with Crippen LogP contribution in [0.1, 0.15) is 32.6 Å². The molecule has 0 amide bonds. The molecule has 1 saturated heterocycles.